The maximum Gasteiger partial charge on any atom is 0.171 e. The normalized spacial score (nSPS) is 11.9. The van der Waals surface area contributed by atoms with Crippen LogP contribution in [0.5, 0.6) is 0 Å². The minimum atomic E-state index is -3.09. The number of furan rings is 1. The Morgan fingerprint density at radius 3 is 1.83 bits per heavy atom. The number of aromatic nitrogens is 1. The number of pyridine rings is 1. The van der Waals surface area contributed by atoms with E-state index in [1.807, 2.05) is 84.9 Å². The van der Waals surface area contributed by atoms with Crippen LogP contribution in [0, 0.1) is 0 Å². The number of para-hydroxylation sites is 1. The summed E-state index contributed by atoms with van der Waals surface area (Å²) < 4.78 is 21.6. The van der Waals surface area contributed by atoms with Gasteiger partial charge in [0.15, 0.2) is 12.7 Å². The van der Waals surface area contributed by atoms with Crippen molar-refractivity contribution >= 4 is 66.7 Å². The van der Waals surface area contributed by atoms with Crippen LogP contribution in [0.4, 0.5) is 0 Å². The van der Waals surface area contributed by atoms with Gasteiger partial charge in [0, 0.05) is 37.6 Å². The molecule has 7 aromatic carbocycles. The molecule has 0 saturated carbocycles. The van der Waals surface area contributed by atoms with Crippen LogP contribution in [0.15, 0.2) is 174 Å². The van der Waals surface area contributed by atoms with Gasteiger partial charge in [0.2, 0.25) is 0 Å². The van der Waals surface area contributed by atoms with E-state index in [4.69, 9.17) is 9.40 Å². The van der Waals surface area contributed by atoms with Crippen molar-refractivity contribution in [2.75, 3.05) is 0 Å². The Kier molecular flexibility index (Phi) is 6.41. The van der Waals surface area contributed by atoms with Gasteiger partial charge in [-0.3, -0.25) is 0 Å². The predicted octanol–water partition coefficient (Wildman–Crippen LogP) is 10.3. The van der Waals surface area contributed by atoms with Gasteiger partial charge in [-0.15, -0.1) is 0 Å². The molecule has 222 valence electrons. The fourth-order valence-corrected chi connectivity index (χ4v) is 9.56. The zero-order valence-corrected chi connectivity index (χ0v) is 26.3. The second-order valence-electron chi connectivity index (χ2n) is 11.9. The summed E-state index contributed by atoms with van der Waals surface area (Å²) in [5.74, 6) is 0. The van der Waals surface area contributed by atoms with Crippen molar-refractivity contribution in [3.05, 3.63) is 170 Å². The van der Waals surface area contributed by atoms with Gasteiger partial charge >= 0.3 is 0 Å². The lowest BCUT2D eigenvalue weighted by Crippen LogP contribution is -2.25. The van der Waals surface area contributed by atoms with Crippen molar-refractivity contribution in [3.8, 4) is 22.4 Å². The van der Waals surface area contributed by atoms with Crippen LogP contribution >= 0.6 is 7.14 Å². The molecule has 0 N–H and O–H groups in total. The van der Waals surface area contributed by atoms with Gasteiger partial charge in [-0.05, 0) is 40.1 Å². The molecular formula is C43H28NO2P. The van der Waals surface area contributed by atoms with E-state index in [1.165, 1.54) is 10.8 Å². The molecule has 4 heteroatoms. The SMILES string of the molecule is O=P(c1ccccc1)(c1ccccc1)c1cccc(-c2ccc(-c3nc4ccc5ccccc5c4c4c3oc3ccccc34)cc2)c1. The van der Waals surface area contributed by atoms with E-state index in [1.54, 1.807) is 0 Å². The molecular weight excluding hydrogens is 593 g/mol. The quantitative estimate of drug-likeness (QED) is 0.142. The smallest absolute Gasteiger partial charge is 0.171 e. The van der Waals surface area contributed by atoms with Gasteiger partial charge in [-0.25, -0.2) is 4.98 Å². The highest BCUT2D eigenvalue weighted by Crippen LogP contribution is 2.44. The number of rotatable bonds is 5. The zero-order chi connectivity index (χ0) is 31.4. The molecule has 0 saturated heterocycles. The molecule has 0 unspecified atom stereocenters. The first-order valence-corrected chi connectivity index (χ1v) is 17.4. The van der Waals surface area contributed by atoms with E-state index in [0.717, 1.165) is 71.1 Å². The predicted molar refractivity (Wildman–Crippen MR) is 197 cm³/mol. The molecule has 9 rings (SSSR count). The van der Waals surface area contributed by atoms with Crippen molar-refractivity contribution in [2.45, 2.75) is 0 Å². The minimum absolute atomic E-state index is 0.788. The molecule has 0 bridgehead atoms. The Bertz CT molecular complexity index is 2600. The molecule has 2 aromatic heterocycles. The highest BCUT2D eigenvalue weighted by atomic mass is 31.2. The molecule has 0 spiro atoms. The first-order chi connectivity index (χ1) is 23.2. The summed E-state index contributed by atoms with van der Waals surface area (Å²) >= 11 is 0. The highest BCUT2D eigenvalue weighted by Gasteiger charge is 2.29. The lowest BCUT2D eigenvalue weighted by atomic mass is 9.97. The molecule has 2 heterocycles. The Labute approximate surface area is 272 Å². The number of nitrogens with zero attached hydrogens (tertiary/aromatic N) is 1. The maximum atomic E-state index is 15.0. The fraction of sp³-hybridized carbons (Fsp3) is 0. The van der Waals surface area contributed by atoms with E-state index in [2.05, 4.69) is 84.9 Å². The monoisotopic (exact) mass is 621 g/mol. The van der Waals surface area contributed by atoms with Gasteiger partial charge in [-0.1, -0.05) is 152 Å². The van der Waals surface area contributed by atoms with Crippen LogP contribution in [0.25, 0.3) is 66.0 Å². The number of fused-ring (bicyclic) bond motifs is 7. The summed E-state index contributed by atoms with van der Waals surface area (Å²) in [5, 5.41) is 8.09. The minimum Gasteiger partial charge on any atom is -0.454 e. The van der Waals surface area contributed by atoms with Gasteiger partial charge in [0.05, 0.1) is 5.52 Å². The Morgan fingerprint density at radius 1 is 0.468 bits per heavy atom. The average Bonchev–Trinajstić information content (AvgIpc) is 3.54. The van der Waals surface area contributed by atoms with Crippen molar-refractivity contribution in [1.82, 2.24) is 4.98 Å². The standard InChI is InChI=1S/C43H28NO2P/c45-47(33-14-3-1-4-15-33,34-16-5-2-6-17-34)35-18-11-13-32(28-35)29-22-24-31(25-23-29)42-43-41(37-20-9-10-21-39(37)46-43)40-36-19-8-7-12-30(36)26-27-38(40)44-42/h1-28H. The summed E-state index contributed by atoms with van der Waals surface area (Å²) in [6.45, 7) is 0. The topological polar surface area (TPSA) is 43.1 Å². The zero-order valence-electron chi connectivity index (χ0n) is 25.4. The number of hydrogen-bond donors (Lipinski definition) is 0. The Morgan fingerprint density at radius 2 is 1.09 bits per heavy atom. The largest absolute Gasteiger partial charge is 0.454 e. The van der Waals surface area contributed by atoms with E-state index >= 15 is 4.57 Å². The molecule has 0 aliphatic rings. The Hall–Kier alpha value is -5.76. The fourth-order valence-electron chi connectivity index (χ4n) is 6.87. The van der Waals surface area contributed by atoms with Crippen molar-refractivity contribution in [3.63, 3.8) is 0 Å². The van der Waals surface area contributed by atoms with Gasteiger partial charge in [0.25, 0.3) is 0 Å². The van der Waals surface area contributed by atoms with Gasteiger partial charge in [-0.2, -0.15) is 0 Å². The van der Waals surface area contributed by atoms with Crippen molar-refractivity contribution in [2.24, 2.45) is 0 Å². The molecule has 3 nitrogen and oxygen atoms in total. The molecule has 0 aliphatic heterocycles. The van der Waals surface area contributed by atoms with E-state index in [9.17, 15) is 0 Å². The summed E-state index contributed by atoms with van der Waals surface area (Å²) in [7, 11) is -3.09. The Balaban J connectivity index is 1.18. The van der Waals surface area contributed by atoms with Crippen LogP contribution in [0.3, 0.4) is 0 Å². The molecule has 0 fully saturated rings. The molecule has 0 amide bonds. The summed E-state index contributed by atoms with van der Waals surface area (Å²) in [6.07, 6.45) is 0. The van der Waals surface area contributed by atoms with E-state index < -0.39 is 7.14 Å². The summed E-state index contributed by atoms with van der Waals surface area (Å²) in [4.78, 5) is 5.20. The second kappa shape index (κ2) is 10.9. The summed E-state index contributed by atoms with van der Waals surface area (Å²) in [6, 6.07) is 57.1. The molecule has 0 radical (unpaired) electrons. The van der Waals surface area contributed by atoms with Crippen molar-refractivity contribution in [1.29, 1.82) is 0 Å². The first kappa shape index (κ1) is 27.5. The second-order valence-corrected chi connectivity index (χ2v) is 14.6. The summed E-state index contributed by atoms with van der Waals surface area (Å²) in [5.41, 5.74) is 6.41. The lowest BCUT2D eigenvalue weighted by molar-refractivity contribution is 0.592. The lowest BCUT2D eigenvalue weighted by Gasteiger charge is -2.20. The molecule has 0 aliphatic carbocycles. The van der Waals surface area contributed by atoms with Gasteiger partial charge < -0.3 is 8.98 Å². The maximum absolute atomic E-state index is 15.0. The number of hydrogen-bond acceptors (Lipinski definition) is 3. The van der Waals surface area contributed by atoms with Crippen molar-refractivity contribution < 1.29 is 8.98 Å². The molecule has 9 aromatic rings. The van der Waals surface area contributed by atoms with E-state index in [0.29, 0.717) is 0 Å². The number of benzene rings is 7. The third kappa shape index (κ3) is 4.43. The van der Waals surface area contributed by atoms with Crippen LogP contribution < -0.4 is 15.9 Å². The van der Waals surface area contributed by atoms with Crippen LogP contribution in [-0.2, 0) is 4.57 Å². The highest BCUT2D eigenvalue weighted by molar-refractivity contribution is 7.85. The molecule has 0 atom stereocenters. The average molecular weight is 622 g/mol. The van der Waals surface area contributed by atoms with E-state index in [-0.39, 0.29) is 0 Å². The third-order valence-electron chi connectivity index (χ3n) is 9.14. The third-order valence-corrected chi connectivity index (χ3v) is 12.2. The first-order valence-electron chi connectivity index (χ1n) is 15.7. The van der Waals surface area contributed by atoms with Crippen LogP contribution in [0.1, 0.15) is 0 Å². The van der Waals surface area contributed by atoms with Crippen LogP contribution in [0.2, 0.25) is 0 Å². The van der Waals surface area contributed by atoms with Crippen LogP contribution in [-0.4, -0.2) is 4.98 Å². The molecule has 47 heavy (non-hydrogen) atoms. The van der Waals surface area contributed by atoms with Gasteiger partial charge in [0.1, 0.15) is 11.3 Å².